The van der Waals surface area contributed by atoms with Crippen molar-refractivity contribution in [2.45, 2.75) is 31.6 Å². The SMILES string of the molecule is Cc1c(-c2ccccc2)c(-c2ccccc2)c(C)c2cc(C(c3ccc(C#Cc4ccccc4)c(C#Cc4ccccc4)c3)(C(F)(F)F)C(F)(F)F)ccc12. The molecule has 0 atom stereocenters. The van der Waals surface area contributed by atoms with Crippen molar-refractivity contribution in [2.24, 2.45) is 0 Å². The second kappa shape index (κ2) is 14.7. The minimum absolute atomic E-state index is 0.0608. The van der Waals surface area contributed by atoms with Crippen molar-refractivity contribution in [3.05, 3.63) is 202 Å². The quantitative estimate of drug-likeness (QED) is 0.125. The van der Waals surface area contributed by atoms with E-state index in [1.807, 2.05) is 73.7 Å². The summed E-state index contributed by atoms with van der Waals surface area (Å²) in [6.07, 6.45) is -11.6. The van der Waals surface area contributed by atoms with Crippen molar-refractivity contribution in [3.8, 4) is 45.9 Å². The van der Waals surface area contributed by atoms with Gasteiger partial charge in [0.1, 0.15) is 0 Å². The Labute approximate surface area is 316 Å². The number of hydrogen-bond donors (Lipinski definition) is 0. The van der Waals surface area contributed by atoms with E-state index in [-0.39, 0.29) is 11.1 Å². The molecule has 0 saturated heterocycles. The molecule has 0 N–H and O–H groups in total. The molecule has 0 unspecified atom stereocenters. The number of rotatable bonds is 4. The third kappa shape index (κ3) is 6.89. The summed E-state index contributed by atoms with van der Waals surface area (Å²) < 4.78 is 94.3. The fraction of sp³-hybridized carbons (Fsp3) is 0.102. The topological polar surface area (TPSA) is 0 Å². The Balaban J connectivity index is 1.51. The molecule has 7 aromatic carbocycles. The molecule has 6 heteroatoms. The van der Waals surface area contributed by atoms with Gasteiger partial charge in [0.15, 0.2) is 0 Å². The van der Waals surface area contributed by atoms with E-state index in [0.29, 0.717) is 27.5 Å². The summed E-state index contributed by atoms with van der Waals surface area (Å²) in [5.74, 6) is 11.6. The van der Waals surface area contributed by atoms with Crippen molar-refractivity contribution in [1.82, 2.24) is 0 Å². The summed E-state index contributed by atoms with van der Waals surface area (Å²) in [5, 5.41) is 0.847. The van der Waals surface area contributed by atoms with Gasteiger partial charge in [-0.05, 0) is 112 Å². The van der Waals surface area contributed by atoms with Gasteiger partial charge in [-0.25, -0.2) is 0 Å². The van der Waals surface area contributed by atoms with Gasteiger partial charge in [0.2, 0.25) is 5.41 Å². The zero-order valence-electron chi connectivity index (χ0n) is 29.8. The van der Waals surface area contributed by atoms with E-state index in [9.17, 15) is 0 Å². The first kappa shape index (κ1) is 36.8. The van der Waals surface area contributed by atoms with Crippen LogP contribution in [0.3, 0.4) is 0 Å². The molecule has 0 spiro atoms. The van der Waals surface area contributed by atoms with Gasteiger partial charge >= 0.3 is 12.4 Å². The highest BCUT2D eigenvalue weighted by Gasteiger charge is 2.72. The van der Waals surface area contributed by atoms with Crippen LogP contribution in [0.2, 0.25) is 0 Å². The largest absolute Gasteiger partial charge is 0.411 e. The maximum atomic E-state index is 15.7. The Morgan fingerprint density at radius 3 is 1.25 bits per heavy atom. The van der Waals surface area contributed by atoms with Crippen molar-refractivity contribution in [2.75, 3.05) is 0 Å². The second-order valence-corrected chi connectivity index (χ2v) is 13.2. The van der Waals surface area contributed by atoms with E-state index in [0.717, 1.165) is 52.1 Å². The summed E-state index contributed by atoms with van der Waals surface area (Å²) in [5.41, 5.74) is -0.496. The van der Waals surface area contributed by atoms with Gasteiger partial charge in [0, 0.05) is 22.3 Å². The molecule has 270 valence electrons. The molecule has 0 aliphatic heterocycles. The monoisotopic (exact) mass is 734 g/mol. The minimum Gasteiger partial charge on any atom is -0.169 e. The van der Waals surface area contributed by atoms with E-state index in [2.05, 4.69) is 23.7 Å². The first-order chi connectivity index (χ1) is 26.4. The van der Waals surface area contributed by atoms with Crippen LogP contribution in [-0.4, -0.2) is 12.4 Å². The Bertz CT molecular complexity index is 2600. The Morgan fingerprint density at radius 1 is 0.382 bits per heavy atom. The number of halogens is 6. The maximum absolute atomic E-state index is 15.7. The summed E-state index contributed by atoms with van der Waals surface area (Å²) >= 11 is 0. The molecule has 55 heavy (non-hydrogen) atoms. The molecule has 0 saturated carbocycles. The molecule has 0 radical (unpaired) electrons. The first-order valence-electron chi connectivity index (χ1n) is 17.5. The van der Waals surface area contributed by atoms with E-state index < -0.39 is 28.9 Å². The van der Waals surface area contributed by atoms with Crippen LogP contribution in [0.1, 0.15) is 44.5 Å². The Kier molecular flexibility index (Phi) is 9.87. The van der Waals surface area contributed by atoms with Crippen LogP contribution in [-0.2, 0) is 5.41 Å². The fourth-order valence-corrected chi connectivity index (χ4v) is 7.28. The second-order valence-electron chi connectivity index (χ2n) is 13.2. The molecule has 0 aliphatic rings. The lowest BCUT2D eigenvalue weighted by molar-refractivity contribution is -0.288. The van der Waals surface area contributed by atoms with Crippen LogP contribution in [0.5, 0.6) is 0 Å². The minimum atomic E-state index is -5.81. The average molecular weight is 735 g/mol. The van der Waals surface area contributed by atoms with Gasteiger partial charge in [-0.1, -0.05) is 139 Å². The zero-order chi connectivity index (χ0) is 38.8. The lowest BCUT2D eigenvalue weighted by Crippen LogP contribution is -2.54. The van der Waals surface area contributed by atoms with E-state index in [1.54, 1.807) is 61.5 Å². The van der Waals surface area contributed by atoms with E-state index >= 15 is 26.3 Å². The van der Waals surface area contributed by atoms with Crippen LogP contribution in [0, 0.1) is 37.5 Å². The van der Waals surface area contributed by atoms with Crippen LogP contribution in [0.4, 0.5) is 26.3 Å². The summed E-state index contributed by atoms with van der Waals surface area (Å²) in [6.45, 7) is 3.60. The molecule has 7 aromatic rings. The molecule has 0 heterocycles. The average Bonchev–Trinajstić information content (AvgIpc) is 3.18. The Hall–Kier alpha value is -6.50. The predicted molar refractivity (Wildman–Crippen MR) is 208 cm³/mol. The van der Waals surface area contributed by atoms with E-state index in [4.69, 9.17) is 0 Å². The molecule has 0 aliphatic carbocycles. The summed E-state index contributed by atoms with van der Waals surface area (Å²) in [6, 6.07) is 42.8. The number of hydrogen-bond acceptors (Lipinski definition) is 0. The number of alkyl halides is 6. The summed E-state index contributed by atoms with van der Waals surface area (Å²) in [7, 11) is 0. The maximum Gasteiger partial charge on any atom is 0.411 e. The van der Waals surface area contributed by atoms with Crippen LogP contribution < -0.4 is 0 Å². The lowest BCUT2D eigenvalue weighted by Gasteiger charge is -2.38. The number of fused-ring (bicyclic) bond motifs is 1. The summed E-state index contributed by atoms with van der Waals surface area (Å²) in [4.78, 5) is 0. The molecular formula is C49H32F6. The molecule has 7 rings (SSSR count). The third-order valence-corrected chi connectivity index (χ3v) is 9.92. The van der Waals surface area contributed by atoms with Crippen molar-refractivity contribution in [1.29, 1.82) is 0 Å². The lowest BCUT2D eigenvalue weighted by atomic mass is 9.71. The highest BCUT2D eigenvalue weighted by atomic mass is 19.4. The standard InChI is InChI=1S/C49H32F6/c1-33-43-30-29-42(32-44(43)34(2)46(39-21-13-6-14-22-39)45(33)38-19-11-5-12-20-38)47(48(50,51)52,49(53,54)55)41-28-27-37(25-23-35-15-7-3-8-16-35)40(31-41)26-24-36-17-9-4-10-18-36/h3-22,27-32H,1-2H3. The molecular weight excluding hydrogens is 703 g/mol. The van der Waals surface area contributed by atoms with Crippen molar-refractivity contribution < 1.29 is 26.3 Å². The smallest absolute Gasteiger partial charge is 0.169 e. The molecule has 0 nitrogen and oxygen atoms in total. The van der Waals surface area contributed by atoms with Gasteiger partial charge < -0.3 is 0 Å². The normalized spacial score (nSPS) is 11.7. The van der Waals surface area contributed by atoms with Crippen molar-refractivity contribution >= 4 is 10.8 Å². The van der Waals surface area contributed by atoms with Crippen LogP contribution in [0.25, 0.3) is 33.0 Å². The van der Waals surface area contributed by atoms with E-state index in [1.165, 1.54) is 12.1 Å². The highest BCUT2D eigenvalue weighted by molar-refractivity contribution is 6.03. The Morgan fingerprint density at radius 2 is 0.782 bits per heavy atom. The zero-order valence-corrected chi connectivity index (χ0v) is 29.8. The molecule has 0 fully saturated rings. The third-order valence-electron chi connectivity index (χ3n) is 9.92. The number of aryl methyl sites for hydroxylation is 2. The fourth-order valence-electron chi connectivity index (χ4n) is 7.28. The van der Waals surface area contributed by atoms with Crippen molar-refractivity contribution in [3.63, 3.8) is 0 Å². The molecule has 0 aromatic heterocycles. The van der Waals surface area contributed by atoms with Gasteiger partial charge in [0.25, 0.3) is 0 Å². The van der Waals surface area contributed by atoms with Crippen LogP contribution in [0.15, 0.2) is 158 Å². The highest BCUT2D eigenvalue weighted by Crippen LogP contribution is 2.57. The van der Waals surface area contributed by atoms with Gasteiger partial charge in [-0.2, -0.15) is 26.3 Å². The number of benzene rings is 7. The first-order valence-corrected chi connectivity index (χ1v) is 17.5. The van der Waals surface area contributed by atoms with Gasteiger partial charge in [-0.15, -0.1) is 0 Å². The molecule has 0 amide bonds. The van der Waals surface area contributed by atoms with Gasteiger partial charge in [-0.3, -0.25) is 0 Å². The van der Waals surface area contributed by atoms with Crippen LogP contribution >= 0.6 is 0 Å². The van der Waals surface area contributed by atoms with Gasteiger partial charge in [0.05, 0.1) is 0 Å². The predicted octanol–water partition coefficient (Wildman–Crippen LogP) is 13.0. The molecule has 0 bridgehead atoms.